The lowest BCUT2D eigenvalue weighted by atomic mass is 10.1. The molecule has 0 fully saturated rings. The Morgan fingerprint density at radius 3 is 2.25 bits per heavy atom. The van der Waals surface area contributed by atoms with Gasteiger partial charge in [-0.1, -0.05) is 11.6 Å². The van der Waals surface area contributed by atoms with Crippen molar-refractivity contribution < 1.29 is 31.1 Å². The molecule has 0 aliphatic carbocycles. The maximum atomic E-state index is 13.3. The molecule has 0 aliphatic heterocycles. The Hall–Kier alpha value is -2.89. The van der Waals surface area contributed by atoms with Crippen LogP contribution in [-0.2, 0) is 12.4 Å². The second-order valence-corrected chi connectivity index (χ2v) is 6.08. The van der Waals surface area contributed by atoms with E-state index >= 15 is 0 Å². The van der Waals surface area contributed by atoms with Gasteiger partial charge in [0.25, 0.3) is 0 Å². The Kier molecular flexibility index (Phi) is 4.49. The second kappa shape index (κ2) is 6.33. The molecule has 0 atom stereocenters. The molecular formula is C15H8ClF6N5O. The summed E-state index contributed by atoms with van der Waals surface area (Å²) in [4.78, 5) is 16.6. The number of halogens is 7. The van der Waals surface area contributed by atoms with Crippen molar-refractivity contribution in [3.8, 4) is 5.69 Å². The summed E-state index contributed by atoms with van der Waals surface area (Å²) in [5, 5.41) is 2.68. The van der Waals surface area contributed by atoms with Crippen LogP contribution >= 0.6 is 11.6 Å². The van der Waals surface area contributed by atoms with Crippen molar-refractivity contribution >= 4 is 34.7 Å². The van der Waals surface area contributed by atoms with E-state index in [4.69, 9.17) is 17.3 Å². The normalized spacial score (nSPS) is 12.6. The van der Waals surface area contributed by atoms with E-state index in [1.807, 2.05) is 0 Å². The monoisotopic (exact) mass is 423 g/mol. The lowest BCUT2D eigenvalue weighted by Gasteiger charge is -2.12. The fraction of sp³-hybridized carbons (Fsp3) is 0.200. The van der Waals surface area contributed by atoms with Crippen LogP contribution in [0, 0.1) is 6.92 Å². The lowest BCUT2D eigenvalue weighted by molar-refractivity contribution is -0.151. The third kappa shape index (κ3) is 3.23. The number of rotatable bonds is 2. The largest absolute Gasteiger partial charge is 0.451 e. The molecule has 0 unspecified atom stereocenters. The predicted octanol–water partition coefficient (Wildman–Crippen LogP) is 4.21. The summed E-state index contributed by atoms with van der Waals surface area (Å²) in [6.07, 6.45) is -9.98. The van der Waals surface area contributed by atoms with Crippen LogP contribution in [0.4, 0.5) is 32.2 Å². The number of aldehydes is 1. The molecule has 0 saturated heterocycles. The molecule has 148 valence electrons. The van der Waals surface area contributed by atoms with Crippen LogP contribution in [0.25, 0.3) is 16.7 Å². The van der Waals surface area contributed by atoms with Crippen LogP contribution in [0.15, 0.2) is 12.1 Å². The fourth-order valence-electron chi connectivity index (χ4n) is 2.61. The Balaban J connectivity index is 2.40. The molecule has 0 spiro atoms. The average Bonchev–Trinajstić information content (AvgIpc) is 2.88. The van der Waals surface area contributed by atoms with E-state index in [0.29, 0.717) is 11.8 Å². The van der Waals surface area contributed by atoms with E-state index in [-0.39, 0.29) is 16.3 Å². The number of nitrogens with two attached hydrogens (primary N) is 1. The Morgan fingerprint density at radius 1 is 1.11 bits per heavy atom. The van der Waals surface area contributed by atoms with E-state index in [2.05, 4.69) is 15.1 Å². The number of anilines is 1. The lowest BCUT2D eigenvalue weighted by Crippen LogP contribution is -2.17. The first-order valence-electron chi connectivity index (χ1n) is 7.31. The van der Waals surface area contributed by atoms with E-state index in [9.17, 15) is 31.1 Å². The Labute approximate surface area is 156 Å². The van der Waals surface area contributed by atoms with E-state index in [1.54, 1.807) is 0 Å². The van der Waals surface area contributed by atoms with Gasteiger partial charge in [-0.25, -0.2) is 14.6 Å². The maximum Gasteiger partial charge on any atom is 0.451 e. The van der Waals surface area contributed by atoms with Crippen LogP contribution in [0.1, 0.15) is 27.4 Å². The quantitative estimate of drug-likeness (QED) is 0.493. The number of fused-ring (bicyclic) bond motifs is 1. The highest BCUT2D eigenvalue weighted by molar-refractivity contribution is 6.33. The molecule has 0 radical (unpaired) electrons. The minimum atomic E-state index is -5.25. The van der Waals surface area contributed by atoms with Crippen LogP contribution < -0.4 is 5.73 Å². The van der Waals surface area contributed by atoms with Gasteiger partial charge in [0, 0.05) is 5.56 Å². The topological polar surface area (TPSA) is 86.7 Å². The number of hydrogen-bond donors (Lipinski definition) is 1. The van der Waals surface area contributed by atoms with Gasteiger partial charge in [-0.3, -0.25) is 4.79 Å². The number of aromatic nitrogens is 4. The van der Waals surface area contributed by atoms with Crippen molar-refractivity contribution in [3.63, 3.8) is 0 Å². The van der Waals surface area contributed by atoms with Gasteiger partial charge in [0.05, 0.1) is 16.1 Å². The van der Waals surface area contributed by atoms with Gasteiger partial charge in [-0.15, -0.1) is 5.10 Å². The first kappa shape index (κ1) is 19.9. The molecule has 2 N–H and O–H groups in total. The highest BCUT2D eigenvalue weighted by Gasteiger charge is 2.43. The van der Waals surface area contributed by atoms with Gasteiger partial charge in [0.1, 0.15) is 12.1 Å². The molecule has 0 aliphatic rings. The van der Waals surface area contributed by atoms with Crippen LogP contribution in [0.5, 0.6) is 0 Å². The third-order valence-electron chi connectivity index (χ3n) is 3.72. The molecule has 0 saturated carbocycles. The zero-order chi connectivity index (χ0) is 21.0. The first-order chi connectivity index (χ1) is 12.8. The molecule has 28 heavy (non-hydrogen) atoms. The molecule has 0 bridgehead atoms. The molecule has 2 heterocycles. The summed E-state index contributed by atoms with van der Waals surface area (Å²) < 4.78 is 79.4. The summed E-state index contributed by atoms with van der Waals surface area (Å²) in [7, 11) is 0. The van der Waals surface area contributed by atoms with Crippen molar-refractivity contribution in [1.82, 2.24) is 19.7 Å². The molecule has 3 rings (SSSR count). The minimum absolute atomic E-state index is 0.00977. The predicted molar refractivity (Wildman–Crippen MR) is 86.2 cm³/mol. The third-order valence-corrected chi connectivity index (χ3v) is 4.00. The standard InChI is InChI=1S/C15H8ClF6N5O/c1-5-2-6(4-28)3-7(16)9(5)27-11(23)8-10(14(17,18)19)24-13(15(20,21)22)25-12(8)26-27/h2-4H,23H2,1H3. The van der Waals surface area contributed by atoms with Gasteiger partial charge in [-0.05, 0) is 24.6 Å². The summed E-state index contributed by atoms with van der Waals surface area (Å²) in [5.41, 5.74) is 3.44. The number of benzene rings is 1. The zero-order valence-corrected chi connectivity index (χ0v) is 14.4. The SMILES string of the molecule is Cc1cc(C=O)cc(Cl)c1-n1nc2nc(C(F)(F)F)nc(C(F)(F)F)c2c1N. The molecule has 3 aromatic rings. The summed E-state index contributed by atoms with van der Waals surface area (Å²) in [6, 6.07) is 2.57. The number of nitrogens with zero attached hydrogens (tertiary/aromatic N) is 4. The highest BCUT2D eigenvalue weighted by Crippen LogP contribution is 2.39. The van der Waals surface area contributed by atoms with Gasteiger partial charge in [-0.2, -0.15) is 26.3 Å². The second-order valence-electron chi connectivity index (χ2n) is 5.67. The first-order valence-corrected chi connectivity index (χ1v) is 7.68. The number of alkyl halides is 6. The zero-order valence-electron chi connectivity index (χ0n) is 13.7. The van der Waals surface area contributed by atoms with Gasteiger partial charge >= 0.3 is 12.4 Å². The molecule has 2 aromatic heterocycles. The van der Waals surface area contributed by atoms with Gasteiger partial charge in [0.15, 0.2) is 11.3 Å². The van der Waals surface area contributed by atoms with Crippen molar-refractivity contribution in [2.75, 3.05) is 5.73 Å². The maximum absolute atomic E-state index is 13.3. The van der Waals surface area contributed by atoms with Gasteiger partial charge in [0.2, 0.25) is 5.82 Å². The molecular weight excluding hydrogens is 416 g/mol. The number of carbonyl (C=O) groups excluding carboxylic acids is 1. The summed E-state index contributed by atoms with van der Waals surface area (Å²) >= 11 is 6.07. The van der Waals surface area contributed by atoms with Crippen LogP contribution in [-0.4, -0.2) is 26.0 Å². The summed E-state index contributed by atoms with van der Waals surface area (Å²) in [6.45, 7) is 1.47. The molecule has 1 aromatic carbocycles. The van der Waals surface area contributed by atoms with Crippen molar-refractivity contribution in [2.24, 2.45) is 0 Å². The Bertz CT molecular complexity index is 1080. The minimum Gasteiger partial charge on any atom is -0.383 e. The fourth-order valence-corrected chi connectivity index (χ4v) is 2.97. The van der Waals surface area contributed by atoms with Crippen LogP contribution in [0.2, 0.25) is 5.02 Å². The number of carbonyl (C=O) groups is 1. The number of hydrogen-bond acceptors (Lipinski definition) is 5. The van der Waals surface area contributed by atoms with Crippen LogP contribution in [0.3, 0.4) is 0 Å². The molecule has 13 heteroatoms. The van der Waals surface area contributed by atoms with Crippen molar-refractivity contribution in [2.45, 2.75) is 19.3 Å². The van der Waals surface area contributed by atoms with E-state index in [1.165, 1.54) is 19.1 Å². The van der Waals surface area contributed by atoms with Crippen molar-refractivity contribution in [3.05, 3.63) is 39.8 Å². The Morgan fingerprint density at radius 2 is 1.75 bits per heavy atom. The highest BCUT2D eigenvalue weighted by atomic mass is 35.5. The van der Waals surface area contributed by atoms with Gasteiger partial charge < -0.3 is 5.73 Å². The molecule has 0 amide bonds. The number of aryl methyl sites for hydroxylation is 1. The van der Waals surface area contributed by atoms with E-state index in [0.717, 1.165) is 4.68 Å². The summed E-state index contributed by atoms with van der Waals surface area (Å²) in [5.74, 6) is -2.66. The molecule has 6 nitrogen and oxygen atoms in total. The van der Waals surface area contributed by atoms with E-state index < -0.39 is 40.7 Å². The smallest absolute Gasteiger partial charge is 0.383 e. The number of nitrogen functional groups attached to an aromatic ring is 1. The van der Waals surface area contributed by atoms with Crippen molar-refractivity contribution in [1.29, 1.82) is 0 Å². The average molecular weight is 424 g/mol.